The molecule has 24 heavy (non-hydrogen) atoms. The molecular weight excluding hydrogens is 298 g/mol. The molecule has 1 amide bonds. The second kappa shape index (κ2) is 6.32. The van der Waals surface area contributed by atoms with E-state index >= 15 is 0 Å². The van der Waals surface area contributed by atoms with Crippen LogP contribution in [0.3, 0.4) is 0 Å². The van der Waals surface area contributed by atoms with Gasteiger partial charge in [-0.2, -0.15) is 5.10 Å². The number of rotatable bonds is 3. The average molecular weight is 319 g/mol. The topological polar surface area (TPSA) is 57.8 Å². The summed E-state index contributed by atoms with van der Waals surface area (Å²) in [4.78, 5) is 12.6. The Morgan fingerprint density at radius 1 is 1.00 bits per heavy atom. The Balaban J connectivity index is 1.93. The van der Waals surface area contributed by atoms with Crippen molar-refractivity contribution in [2.75, 3.05) is 5.32 Å². The van der Waals surface area contributed by atoms with Gasteiger partial charge in [-0.15, -0.1) is 0 Å². The molecule has 3 aromatic rings. The van der Waals surface area contributed by atoms with Crippen LogP contribution in [-0.4, -0.2) is 16.1 Å². The van der Waals surface area contributed by atoms with Crippen LogP contribution in [0.2, 0.25) is 0 Å². The lowest BCUT2D eigenvalue weighted by Gasteiger charge is -2.08. The van der Waals surface area contributed by atoms with E-state index in [-0.39, 0.29) is 5.91 Å². The first-order chi connectivity index (χ1) is 11.5. The van der Waals surface area contributed by atoms with Crippen molar-refractivity contribution in [2.45, 2.75) is 27.7 Å². The molecule has 0 aliphatic heterocycles. The van der Waals surface area contributed by atoms with Gasteiger partial charge < -0.3 is 5.32 Å². The number of carbonyl (C=O) groups excluding carboxylic acids is 1. The maximum absolute atomic E-state index is 12.6. The molecule has 2 aromatic carbocycles. The van der Waals surface area contributed by atoms with Gasteiger partial charge in [0.2, 0.25) is 0 Å². The van der Waals surface area contributed by atoms with Crippen molar-refractivity contribution in [1.29, 1.82) is 0 Å². The fraction of sp³-hybridized carbons (Fsp3) is 0.200. The summed E-state index contributed by atoms with van der Waals surface area (Å²) in [7, 11) is 0. The molecule has 2 N–H and O–H groups in total. The first kappa shape index (κ1) is 16.0. The Morgan fingerprint density at radius 2 is 1.79 bits per heavy atom. The van der Waals surface area contributed by atoms with Gasteiger partial charge in [0.1, 0.15) is 0 Å². The zero-order valence-electron chi connectivity index (χ0n) is 14.4. The summed E-state index contributed by atoms with van der Waals surface area (Å²) in [6.45, 7) is 8.04. The highest BCUT2D eigenvalue weighted by Gasteiger charge is 2.16. The van der Waals surface area contributed by atoms with Crippen LogP contribution in [0.1, 0.15) is 32.7 Å². The molecule has 0 unspecified atom stereocenters. The molecule has 1 heterocycles. The van der Waals surface area contributed by atoms with Crippen molar-refractivity contribution in [3.05, 3.63) is 70.4 Å². The molecule has 0 aliphatic rings. The van der Waals surface area contributed by atoms with Crippen LogP contribution < -0.4 is 5.32 Å². The third kappa shape index (κ3) is 3.08. The monoisotopic (exact) mass is 319 g/mol. The van der Waals surface area contributed by atoms with Crippen LogP contribution in [-0.2, 0) is 0 Å². The minimum Gasteiger partial charge on any atom is -0.305 e. The minimum atomic E-state index is -0.154. The standard InChI is InChI=1S/C20H21N3O/c1-12-6-5-7-16(10-12)18-15(4)22-23-19(18)21-20(24)17-9-8-13(2)14(3)11-17/h5-11H,1-4H3,(H2,21,22,23,24). The molecule has 0 bridgehead atoms. The van der Waals surface area contributed by atoms with Crippen LogP contribution in [0.25, 0.3) is 11.1 Å². The predicted octanol–water partition coefficient (Wildman–Crippen LogP) is 4.56. The van der Waals surface area contributed by atoms with Gasteiger partial charge in [0.05, 0.1) is 0 Å². The molecule has 0 saturated heterocycles. The van der Waals surface area contributed by atoms with Crippen molar-refractivity contribution in [2.24, 2.45) is 0 Å². The smallest absolute Gasteiger partial charge is 0.256 e. The summed E-state index contributed by atoms with van der Waals surface area (Å²) in [5, 5.41) is 10.2. The largest absolute Gasteiger partial charge is 0.305 e. The number of benzene rings is 2. The van der Waals surface area contributed by atoms with Crippen molar-refractivity contribution in [1.82, 2.24) is 10.2 Å². The van der Waals surface area contributed by atoms with Gasteiger partial charge in [-0.05, 0) is 56.5 Å². The quantitative estimate of drug-likeness (QED) is 0.743. The van der Waals surface area contributed by atoms with Gasteiger partial charge in [-0.1, -0.05) is 35.9 Å². The van der Waals surface area contributed by atoms with Crippen LogP contribution in [0, 0.1) is 27.7 Å². The maximum atomic E-state index is 12.6. The Morgan fingerprint density at radius 3 is 2.50 bits per heavy atom. The highest BCUT2D eigenvalue weighted by atomic mass is 16.1. The molecule has 0 saturated carbocycles. The number of H-pyrrole nitrogens is 1. The third-order valence-electron chi connectivity index (χ3n) is 4.25. The summed E-state index contributed by atoms with van der Waals surface area (Å²) in [6.07, 6.45) is 0. The van der Waals surface area contributed by atoms with Crippen molar-refractivity contribution < 1.29 is 4.79 Å². The van der Waals surface area contributed by atoms with E-state index in [2.05, 4.69) is 21.6 Å². The maximum Gasteiger partial charge on any atom is 0.256 e. The third-order valence-corrected chi connectivity index (χ3v) is 4.25. The number of aromatic nitrogens is 2. The second-order valence-corrected chi connectivity index (χ2v) is 6.19. The molecule has 1 aromatic heterocycles. The SMILES string of the molecule is Cc1cccc(-c2c(NC(=O)c3ccc(C)c(C)c3)n[nH]c2C)c1. The normalized spacial score (nSPS) is 10.7. The number of aromatic amines is 1. The molecule has 122 valence electrons. The van der Waals surface area contributed by atoms with Crippen LogP contribution in [0.15, 0.2) is 42.5 Å². The van der Waals surface area contributed by atoms with Crippen molar-refractivity contribution >= 4 is 11.7 Å². The number of anilines is 1. The van der Waals surface area contributed by atoms with E-state index in [1.807, 2.05) is 64.1 Å². The first-order valence-corrected chi connectivity index (χ1v) is 7.96. The number of hydrogen-bond acceptors (Lipinski definition) is 2. The van der Waals surface area contributed by atoms with Gasteiger partial charge in [-0.3, -0.25) is 9.89 Å². The van der Waals surface area contributed by atoms with Gasteiger partial charge in [0.25, 0.3) is 5.91 Å². The molecule has 4 heteroatoms. The first-order valence-electron chi connectivity index (χ1n) is 7.96. The summed E-state index contributed by atoms with van der Waals surface area (Å²) < 4.78 is 0. The Labute approximate surface area is 141 Å². The zero-order chi connectivity index (χ0) is 17.3. The molecule has 3 rings (SSSR count). The molecule has 4 nitrogen and oxygen atoms in total. The second-order valence-electron chi connectivity index (χ2n) is 6.19. The molecule has 0 aliphatic carbocycles. The van der Waals surface area contributed by atoms with Crippen LogP contribution in [0.5, 0.6) is 0 Å². The summed E-state index contributed by atoms with van der Waals surface area (Å²) in [6, 6.07) is 13.9. The number of carbonyl (C=O) groups is 1. The number of nitrogens with one attached hydrogen (secondary N) is 2. The van der Waals surface area contributed by atoms with E-state index in [9.17, 15) is 4.79 Å². The lowest BCUT2D eigenvalue weighted by Crippen LogP contribution is -2.13. The number of hydrogen-bond donors (Lipinski definition) is 2. The highest BCUT2D eigenvalue weighted by molar-refractivity contribution is 6.05. The van der Waals surface area contributed by atoms with Crippen LogP contribution in [0.4, 0.5) is 5.82 Å². The van der Waals surface area contributed by atoms with Gasteiger partial charge in [0.15, 0.2) is 5.82 Å². The predicted molar refractivity (Wildman–Crippen MR) is 97.4 cm³/mol. The fourth-order valence-electron chi connectivity index (χ4n) is 2.74. The van der Waals surface area contributed by atoms with Crippen molar-refractivity contribution in [3.63, 3.8) is 0 Å². The Bertz CT molecular complexity index is 909. The summed E-state index contributed by atoms with van der Waals surface area (Å²) in [5.74, 6) is 0.403. The molecule has 0 fully saturated rings. The number of nitrogens with zero attached hydrogens (tertiary/aromatic N) is 1. The van der Waals surface area contributed by atoms with Gasteiger partial charge >= 0.3 is 0 Å². The lowest BCUT2D eigenvalue weighted by molar-refractivity contribution is 0.102. The lowest BCUT2D eigenvalue weighted by atomic mass is 10.0. The van der Waals surface area contributed by atoms with Gasteiger partial charge in [0, 0.05) is 16.8 Å². The van der Waals surface area contributed by atoms with E-state index in [0.717, 1.165) is 22.4 Å². The van der Waals surface area contributed by atoms with E-state index in [4.69, 9.17) is 0 Å². The van der Waals surface area contributed by atoms with E-state index in [0.29, 0.717) is 11.4 Å². The Hall–Kier alpha value is -2.88. The van der Waals surface area contributed by atoms with E-state index in [1.54, 1.807) is 0 Å². The average Bonchev–Trinajstić information content (AvgIpc) is 2.90. The summed E-state index contributed by atoms with van der Waals surface area (Å²) >= 11 is 0. The molecular formula is C20H21N3O. The van der Waals surface area contributed by atoms with E-state index < -0.39 is 0 Å². The van der Waals surface area contributed by atoms with Crippen molar-refractivity contribution in [3.8, 4) is 11.1 Å². The minimum absolute atomic E-state index is 0.154. The number of aryl methyl sites for hydroxylation is 4. The highest BCUT2D eigenvalue weighted by Crippen LogP contribution is 2.30. The fourth-order valence-corrected chi connectivity index (χ4v) is 2.74. The van der Waals surface area contributed by atoms with Gasteiger partial charge in [-0.25, -0.2) is 0 Å². The Kier molecular flexibility index (Phi) is 4.21. The zero-order valence-corrected chi connectivity index (χ0v) is 14.4. The van der Waals surface area contributed by atoms with Crippen LogP contribution >= 0.6 is 0 Å². The summed E-state index contributed by atoms with van der Waals surface area (Å²) in [5.41, 5.74) is 6.96. The van der Waals surface area contributed by atoms with E-state index in [1.165, 1.54) is 11.1 Å². The molecule has 0 atom stereocenters. The number of amides is 1. The molecule has 0 radical (unpaired) electrons. The molecule has 0 spiro atoms.